The summed E-state index contributed by atoms with van der Waals surface area (Å²) in [7, 11) is -1.24. The van der Waals surface area contributed by atoms with Gasteiger partial charge in [-0.3, -0.25) is 18.6 Å². The summed E-state index contributed by atoms with van der Waals surface area (Å²) in [4.78, 5) is 29.3. The van der Waals surface area contributed by atoms with Crippen LogP contribution < -0.4 is 9.86 Å². The highest BCUT2D eigenvalue weighted by Gasteiger charge is 2.36. The number of para-hydroxylation sites is 1. The topological polar surface area (TPSA) is 84.6 Å². The summed E-state index contributed by atoms with van der Waals surface area (Å²) >= 11 is 6.39. The van der Waals surface area contributed by atoms with Crippen molar-refractivity contribution in [3.8, 4) is 5.69 Å². The molecule has 0 N–H and O–H groups in total. The van der Waals surface area contributed by atoms with Crippen molar-refractivity contribution < 1.29 is 17.6 Å². The van der Waals surface area contributed by atoms with Gasteiger partial charge in [0, 0.05) is 36.3 Å². The minimum atomic E-state index is -4.27. The number of sulfonamides is 1. The van der Waals surface area contributed by atoms with Crippen molar-refractivity contribution >= 4 is 33.2 Å². The van der Waals surface area contributed by atoms with Crippen LogP contribution in [0, 0.1) is 24.6 Å². The quantitative estimate of drug-likeness (QED) is 0.216. The van der Waals surface area contributed by atoms with Crippen LogP contribution in [0.5, 0.6) is 0 Å². The minimum Gasteiger partial charge on any atom is -0.331 e. The monoisotopic (exact) mass is 652 g/mol. The van der Waals surface area contributed by atoms with Crippen LogP contribution in [-0.2, 0) is 23.6 Å². The third-order valence-corrected chi connectivity index (χ3v) is 11.4. The van der Waals surface area contributed by atoms with E-state index in [4.69, 9.17) is 11.6 Å². The highest BCUT2D eigenvalue weighted by atomic mass is 35.5. The van der Waals surface area contributed by atoms with Crippen LogP contribution in [-0.4, -0.2) is 41.7 Å². The van der Waals surface area contributed by atoms with Crippen molar-refractivity contribution in [2.75, 3.05) is 11.4 Å². The molecule has 1 amide bonds. The zero-order valence-electron chi connectivity index (χ0n) is 26.1. The molecule has 11 heteroatoms. The minimum absolute atomic E-state index is 0.000998. The molecule has 1 aromatic heterocycles. The average Bonchev–Trinajstić information content (AvgIpc) is 3.25. The first-order chi connectivity index (χ1) is 21.3. The molecule has 0 bridgehead atoms. The number of aromatic nitrogens is 2. The van der Waals surface area contributed by atoms with E-state index in [-0.39, 0.29) is 45.2 Å². The van der Waals surface area contributed by atoms with Crippen LogP contribution >= 0.6 is 11.6 Å². The first-order valence-corrected chi connectivity index (χ1v) is 16.8. The van der Waals surface area contributed by atoms with E-state index in [1.807, 2.05) is 6.07 Å². The second kappa shape index (κ2) is 12.8. The lowest BCUT2D eigenvalue weighted by molar-refractivity contribution is 0.0446. The molecule has 4 aromatic rings. The van der Waals surface area contributed by atoms with Crippen LogP contribution in [0.1, 0.15) is 54.7 Å². The van der Waals surface area contributed by atoms with Gasteiger partial charge in [0.25, 0.3) is 21.5 Å². The molecule has 238 valence electrons. The van der Waals surface area contributed by atoms with Gasteiger partial charge in [0.2, 0.25) is 0 Å². The molecule has 5 rings (SSSR count). The van der Waals surface area contributed by atoms with Crippen molar-refractivity contribution in [3.05, 3.63) is 111 Å². The van der Waals surface area contributed by atoms with Crippen LogP contribution in [0.4, 0.5) is 10.1 Å². The summed E-state index contributed by atoms with van der Waals surface area (Å²) in [6.45, 7) is 5.87. The van der Waals surface area contributed by atoms with Gasteiger partial charge >= 0.3 is 0 Å². The van der Waals surface area contributed by atoms with E-state index in [0.717, 1.165) is 23.6 Å². The Morgan fingerprint density at radius 3 is 2.40 bits per heavy atom. The summed E-state index contributed by atoms with van der Waals surface area (Å²) in [6.07, 6.45) is 2.69. The fourth-order valence-electron chi connectivity index (χ4n) is 6.34. The van der Waals surface area contributed by atoms with E-state index in [1.54, 1.807) is 60.0 Å². The predicted molar refractivity (Wildman–Crippen MR) is 175 cm³/mol. The van der Waals surface area contributed by atoms with Crippen molar-refractivity contribution in [2.24, 2.45) is 18.9 Å². The Kier molecular flexibility index (Phi) is 9.28. The zero-order chi connectivity index (χ0) is 32.6. The van der Waals surface area contributed by atoms with Crippen LogP contribution in [0.15, 0.2) is 82.5 Å². The smallest absolute Gasteiger partial charge is 0.296 e. The molecule has 8 nitrogen and oxygen atoms in total. The third-order valence-electron chi connectivity index (χ3n) is 9.29. The van der Waals surface area contributed by atoms with Crippen molar-refractivity contribution in [2.45, 2.75) is 57.5 Å². The largest absolute Gasteiger partial charge is 0.331 e. The second-order valence-electron chi connectivity index (χ2n) is 11.9. The predicted octanol–water partition coefficient (Wildman–Crippen LogP) is 6.57. The number of halogens is 2. The summed E-state index contributed by atoms with van der Waals surface area (Å²) in [5.74, 6) is -0.430. The van der Waals surface area contributed by atoms with Gasteiger partial charge in [-0.15, -0.1) is 0 Å². The van der Waals surface area contributed by atoms with E-state index < -0.39 is 27.3 Å². The molecular weight excluding hydrogens is 615 g/mol. The van der Waals surface area contributed by atoms with Crippen LogP contribution in [0.3, 0.4) is 0 Å². The Balaban J connectivity index is 1.53. The van der Waals surface area contributed by atoms with E-state index in [2.05, 4.69) is 13.8 Å². The maximum absolute atomic E-state index is 15.0. The number of anilines is 1. The lowest BCUT2D eigenvalue weighted by Crippen LogP contribution is -2.47. The summed E-state index contributed by atoms with van der Waals surface area (Å²) in [5, 5.41) is 0.224. The normalized spacial score (nSPS) is 18.5. The maximum Gasteiger partial charge on any atom is 0.296 e. The molecule has 0 radical (unpaired) electrons. The van der Waals surface area contributed by atoms with Crippen LogP contribution in [0.2, 0.25) is 5.02 Å². The molecule has 1 aliphatic rings. The standard InChI is InChI=1S/C34H38ClFN4O4S/c1-22-12-9-19-31(23(22)2)39(21-28-29(35)17-11-18-30(28)36)33(41)25-13-10-16-27(20-25)45(43,44)38(5)32-24(3)37(4)40(34(32)42)26-14-7-6-8-15-26/h6-8,10-11,13-18,20,22-23,31H,9,12,19,21H2,1-5H3. The van der Waals surface area contributed by atoms with Gasteiger partial charge in [-0.1, -0.05) is 68.6 Å². The van der Waals surface area contributed by atoms with Gasteiger partial charge in [-0.2, -0.15) is 0 Å². The molecule has 1 saturated carbocycles. The molecule has 0 saturated heterocycles. The summed E-state index contributed by atoms with van der Waals surface area (Å²) in [6, 6.07) is 19.0. The zero-order valence-corrected chi connectivity index (χ0v) is 27.6. The Bertz CT molecular complexity index is 1870. The number of hydrogen-bond donors (Lipinski definition) is 0. The number of amides is 1. The molecular formula is C34H38ClFN4O4S. The molecule has 0 spiro atoms. The number of rotatable bonds is 8. The van der Waals surface area contributed by atoms with Crippen LogP contribution in [0.25, 0.3) is 5.69 Å². The first-order valence-electron chi connectivity index (χ1n) is 15.0. The second-order valence-corrected chi connectivity index (χ2v) is 14.3. The first kappa shape index (κ1) is 32.5. The molecule has 3 atom stereocenters. The van der Waals surface area contributed by atoms with Gasteiger partial charge in [0.15, 0.2) is 0 Å². The molecule has 1 fully saturated rings. The Labute approximate surface area is 268 Å². The number of benzene rings is 3. The van der Waals surface area contributed by atoms with E-state index in [0.29, 0.717) is 17.3 Å². The molecule has 1 aliphatic carbocycles. The molecule has 3 unspecified atom stereocenters. The Hall–Kier alpha value is -3.89. The number of nitrogens with zero attached hydrogens (tertiary/aromatic N) is 4. The van der Waals surface area contributed by atoms with Crippen molar-refractivity contribution in [3.63, 3.8) is 0 Å². The van der Waals surface area contributed by atoms with Gasteiger partial charge < -0.3 is 4.90 Å². The van der Waals surface area contributed by atoms with Gasteiger partial charge in [-0.25, -0.2) is 17.5 Å². The lowest BCUT2D eigenvalue weighted by Gasteiger charge is -2.42. The lowest BCUT2D eigenvalue weighted by atomic mass is 9.77. The van der Waals surface area contributed by atoms with E-state index in [9.17, 15) is 22.4 Å². The van der Waals surface area contributed by atoms with Crippen molar-refractivity contribution in [1.82, 2.24) is 14.3 Å². The highest BCUT2D eigenvalue weighted by Crippen LogP contribution is 2.36. The van der Waals surface area contributed by atoms with Gasteiger partial charge in [0.05, 0.1) is 22.8 Å². The van der Waals surface area contributed by atoms with Crippen molar-refractivity contribution in [1.29, 1.82) is 0 Å². The number of carbonyl (C=O) groups is 1. The molecule has 1 heterocycles. The Morgan fingerprint density at radius 2 is 1.71 bits per heavy atom. The number of hydrogen-bond acceptors (Lipinski definition) is 4. The summed E-state index contributed by atoms with van der Waals surface area (Å²) in [5.41, 5.74) is 0.922. The number of carbonyl (C=O) groups excluding carboxylic acids is 1. The highest BCUT2D eigenvalue weighted by molar-refractivity contribution is 7.92. The third kappa shape index (κ3) is 6.05. The SMILES string of the molecule is Cc1c(N(C)S(=O)(=O)c2cccc(C(=O)N(Cc3c(F)cccc3Cl)C3CCCC(C)C3C)c2)c(=O)n(-c2ccccc2)n1C. The fraction of sp³-hybridized carbons (Fsp3) is 0.353. The fourth-order valence-corrected chi connectivity index (χ4v) is 7.85. The molecule has 45 heavy (non-hydrogen) atoms. The Morgan fingerprint density at radius 1 is 1.02 bits per heavy atom. The molecule has 0 aliphatic heterocycles. The molecule has 3 aromatic carbocycles. The van der Waals surface area contributed by atoms with Gasteiger partial charge in [0.1, 0.15) is 11.5 Å². The average molecular weight is 653 g/mol. The summed E-state index contributed by atoms with van der Waals surface area (Å²) < 4.78 is 46.9. The maximum atomic E-state index is 15.0. The van der Waals surface area contributed by atoms with E-state index in [1.165, 1.54) is 42.1 Å². The van der Waals surface area contributed by atoms with E-state index >= 15 is 0 Å². The van der Waals surface area contributed by atoms with Gasteiger partial charge in [-0.05, 0) is 67.6 Å².